The van der Waals surface area contributed by atoms with Crippen molar-refractivity contribution in [2.24, 2.45) is 0 Å². The van der Waals surface area contributed by atoms with Crippen molar-refractivity contribution in [2.75, 3.05) is 20.3 Å². The molecular formula is C13H19Cl2NO. The van der Waals surface area contributed by atoms with Crippen molar-refractivity contribution in [3.63, 3.8) is 0 Å². The summed E-state index contributed by atoms with van der Waals surface area (Å²) in [6, 6.07) is 6.02. The SMILES string of the molecule is CCNC(CCc1ccc(Cl)cc1Cl)COC. The van der Waals surface area contributed by atoms with E-state index in [0.29, 0.717) is 11.1 Å². The third-order valence-electron chi connectivity index (χ3n) is 2.64. The van der Waals surface area contributed by atoms with Crippen LogP contribution < -0.4 is 5.32 Å². The fraction of sp³-hybridized carbons (Fsp3) is 0.538. The molecule has 2 nitrogen and oxygen atoms in total. The first-order valence-corrected chi connectivity index (χ1v) is 6.59. The number of methoxy groups -OCH3 is 1. The summed E-state index contributed by atoms with van der Waals surface area (Å²) in [5.41, 5.74) is 1.13. The second-order valence-electron chi connectivity index (χ2n) is 3.98. The number of aryl methyl sites for hydroxylation is 1. The molecule has 0 bridgehead atoms. The summed E-state index contributed by atoms with van der Waals surface area (Å²) >= 11 is 12.0. The van der Waals surface area contributed by atoms with Crippen molar-refractivity contribution >= 4 is 23.2 Å². The van der Waals surface area contributed by atoms with E-state index in [1.54, 1.807) is 13.2 Å². The summed E-state index contributed by atoms with van der Waals surface area (Å²) in [6.07, 6.45) is 1.93. The van der Waals surface area contributed by atoms with Gasteiger partial charge in [0.05, 0.1) is 6.61 Å². The Morgan fingerprint density at radius 3 is 2.71 bits per heavy atom. The normalized spacial score (nSPS) is 12.7. The lowest BCUT2D eigenvalue weighted by Gasteiger charge is -2.17. The molecule has 17 heavy (non-hydrogen) atoms. The molecule has 96 valence electrons. The molecule has 1 atom stereocenters. The lowest BCUT2D eigenvalue weighted by molar-refractivity contribution is 0.163. The van der Waals surface area contributed by atoms with E-state index in [1.165, 1.54) is 0 Å². The van der Waals surface area contributed by atoms with Crippen LogP contribution in [0.25, 0.3) is 0 Å². The van der Waals surface area contributed by atoms with Crippen LogP contribution >= 0.6 is 23.2 Å². The van der Waals surface area contributed by atoms with Gasteiger partial charge in [-0.3, -0.25) is 0 Å². The number of hydrogen-bond acceptors (Lipinski definition) is 2. The molecule has 0 saturated carbocycles. The lowest BCUT2D eigenvalue weighted by atomic mass is 10.1. The number of rotatable bonds is 7. The molecule has 1 unspecified atom stereocenters. The largest absolute Gasteiger partial charge is 0.383 e. The lowest BCUT2D eigenvalue weighted by Crippen LogP contribution is -2.33. The van der Waals surface area contributed by atoms with Crippen molar-refractivity contribution in [1.29, 1.82) is 0 Å². The van der Waals surface area contributed by atoms with E-state index in [1.807, 2.05) is 12.1 Å². The van der Waals surface area contributed by atoms with Gasteiger partial charge < -0.3 is 10.1 Å². The third kappa shape index (κ3) is 5.26. The van der Waals surface area contributed by atoms with Crippen molar-refractivity contribution in [1.82, 2.24) is 5.32 Å². The molecule has 0 fully saturated rings. The number of hydrogen-bond donors (Lipinski definition) is 1. The first kappa shape index (κ1) is 14.8. The van der Waals surface area contributed by atoms with E-state index in [0.717, 1.165) is 36.6 Å². The van der Waals surface area contributed by atoms with Gasteiger partial charge in [-0.1, -0.05) is 36.2 Å². The molecule has 0 aliphatic carbocycles. The van der Waals surface area contributed by atoms with Crippen molar-refractivity contribution in [2.45, 2.75) is 25.8 Å². The van der Waals surface area contributed by atoms with E-state index in [4.69, 9.17) is 27.9 Å². The van der Waals surface area contributed by atoms with E-state index in [2.05, 4.69) is 12.2 Å². The molecular weight excluding hydrogens is 257 g/mol. The highest BCUT2D eigenvalue weighted by atomic mass is 35.5. The molecule has 4 heteroatoms. The summed E-state index contributed by atoms with van der Waals surface area (Å²) in [5, 5.41) is 4.81. The van der Waals surface area contributed by atoms with Crippen LogP contribution in [0.5, 0.6) is 0 Å². The number of likely N-dealkylation sites (N-methyl/N-ethyl adjacent to an activating group) is 1. The summed E-state index contributed by atoms with van der Waals surface area (Å²) < 4.78 is 5.18. The van der Waals surface area contributed by atoms with Gasteiger partial charge in [0.1, 0.15) is 0 Å². The maximum atomic E-state index is 6.13. The van der Waals surface area contributed by atoms with Crippen LogP contribution in [0.15, 0.2) is 18.2 Å². The Morgan fingerprint density at radius 2 is 2.12 bits per heavy atom. The Hall–Kier alpha value is -0.280. The Kier molecular flexibility index (Phi) is 6.90. The summed E-state index contributed by atoms with van der Waals surface area (Å²) in [4.78, 5) is 0. The van der Waals surface area contributed by atoms with Gasteiger partial charge in [-0.05, 0) is 37.1 Å². The fourth-order valence-electron chi connectivity index (χ4n) is 1.79. The second kappa shape index (κ2) is 7.93. The molecule has 0 aromatic heterocycles. The van der Waals surface area contributed by atoms with Gasteiger partial charge in [0, 0.05) is 23.2 Å². The molecule has 0 heterocycles. The topological polar surface area (TPSA) is 21.3 Å². The number of nitrogens with one attached hydrogen (secondary N) is 1. The van der Waals surface area contributed by atoms with Crippen LogP contribution in [0.4, 0.5) is 0 Å². The smallest absolute Gasteiger partial charge is 0.0615 e. The van der Waals surface area contributed by atoms with Gasteiger partial charge in [-0.25, -0.2) is 0 Å². The van der Waals surface area contributed by atoms with Crippen LogP contribution in [0.1, 0.15) is 18.9 Å². The molecule has 1 N–H and O–H groups in total. The van der Waals surface area contributed by atoms with E-state index in [9.17, 15) is 0 Å². The monoisotopic (exact) mass is 275 g/mol. The minimum absolute atomic E-state index is 0.372. The average molecular weight is 276 g/mol. The Morgan fingerprint density at radius 1 is 1.35 bits per heavy atom. The predicted octanol–water partition coefficient (Wildman–Crippen LogP) is 3.55. The molecule has 0 saturated heterocycles. The van der Waals surface area contributed by atoms with Crippen LogP contribution in [-0.2, 0) is 11.2 Å². The quantitative estimate of drug-likeness (QED) is 0.822. The van der Waals surface area contributed by atoms with Gasteiger partial charge in [0.15, 0.2) is 0 Å². The maximum Gasteiger partial charge on any atom is 0.0615 e. The van der Waals surface area contributed by atoms with Crippen LogP contribution in [0.2, 0.25) is 10.0 Å². The van der Waals surface area contributed by atoms with Gasteiger partial charge in [-0.2, -0.15) is 0 Å². The Balaban J connectivity index is 2.52. The number of benzene rings is 1. The fourth-order valence-corrected chi connectivity index (χ4v) is 2.29. The molecule has 0 aliphatic rings. The maximum absolute atomic E-state index is 6.13. The highest BCUT2D eigenvalue weighted by Gasteiger charge is 2.08. The van der Waals surface area contributed by atoms with E-state index in [-0.39, 0.29) is 0 Å². The van der Waals surface area contributed by atoms with Gasteiger partial charge in [-0.15, -0.1) is 0 Å². The molecule has 0 radical (unpaired) electrons. The van der Waals surface area contributed by atoms with Crippen molar-refractivity contribution in [3.05, 3.63) is 33.8 Å². The van der Waals surface area contributed by atoms with Crippen molar-refractivity contribution < 1.29 is 4.74 Å². The number of halogens is 2. The number of ether oxygens (including phenoxy) is 1. The highest BCUT2D eigenvalue weighted by molar-refractivity contribution is 6.35. The van der Waals surface area contributed by atoms with Crippen LogP contribution in [-0.4, -0.2) is 26.3 Å². The summed E-state index contributed by atoms with van der Waals surface area (Å²) in [6.45, 7) is 3.76. The Labute approximate surface area is 113 Å². The first-order valence-electron chi connectivity index (χ1n) is 5.83. The summed E-state index contributed by atoms with van der Waals surface area (Å²) in [7, 11) is 1.72. The highest BCUT2D eigenvalue weighted by Crippen LogP contribution is 2.22. The van der Waals surface area contributed by atoms with Gasteiger partial charge >= 0.3 is 0 Å². The average Bonchev–Trinajstić information content (AvgIpc) is 2.28. The van der Waals surface area contributed by atoms with Crippen LogP contribution in [0.3, 0.4) is 0 Å². The molecule has 0 aliphatic heterocycles. The zero-order valence-corrected chi connectivity index (χ0v) is 11.8. The van der Waals surface area contributed by atoms with Crippen molar-refractivity contribution in [3.8, 4) is 0 Å². The minimum Gasteiger partial charge on any atom is -0.383 e. The minimum atomic E-state index is 0.372. The second-order valence-corrected chi connectivity index (χ2v) is 4.83. The molecule has 0 spiro atoms. The van der Waals surface area contributed by atoms with Gasteiger partial charge in [0.2, 0.25) is 0 Å². The molecule has 1 rings (SSSR count). The predicted molar refractivity (Wildman–Crippen MR) is 74.1 cm³/mol. The van der Waals surface area contributed by atoms with E-state index >= 15 is 0 Å². The zero-order chi connectivity index (χ0) is 12.7. The van der Waals surface area contributed by atoms with Crippen LogP contribution in [0, 0.1) is 0 Å². The standard InChI is InChI=1S/C13H19Cl2NO/c1-3-16-12(9-17-2)7-5-10-4-6-11(14)8-13(10)15/h4,6,8,12,16H,3,5,7,9H2,1-2H3. The van der Waals surface area contributed by atoms with E-state index < -0.39 is 0 Å². The van der Waals surface area contributed by atoms with Gasteiger partial charge in [0.25, 0.3) is 0 Å². The Bertz CT molecular complexity index is 338. The molecule has 1 aromatic carbocycles. The summed E-state index contributed by atoms with van der Waals surface area (Å²) in [5.74, 6) is 0. The molecule has 1 aromatic rings. The molecule has 0 amide bonds. The first-order chi connectivity index (χ1) is 8.17. The third-order valence-corrected chi connectivity index (χ3v) is 3.22. The zero-order valence-electron chi connectivity index (χ0n) is 10.3.